The highest BCUT2D eigenvalue weighted by Crippen LogP contribution is 2.28. The molecular formula is C16H17N3O2. The van der Waals surface area contributed by atoms with E-state index in [0.717, 1.165) is 18.2 Å². The average Bonchev–Trinajstić information content (AvgIpc) is 3.20. The third-order valence-electron chi connectivity index (χ3n) is 4.47. The van der Waals surface area contributed by atoms with Crippen LogP contribution in [0, 0.1) is 0 Å². The van der Waals surface area contributed by atoms with Gasteiger partial charge >= 0.3 is 0 Å². The molecule has 4 heterocycles. The van der Waals surface area contributed by atoms with E-state index in [1.165, 1.54) is 6.42 Å². The van der Waals surface area contributed by atoms with Crippen LogP contribution >= 0.6 is 0 Å². The van der Waals surface area contributed by atoms with Crippen molar-refractivity contribution < 1.29 is 9.21 Å². The van der Waals surface area contributed by atoms with Crippen LogP contribution in [0.4, 0.5) is 0 Å². The van der Waals surface area contributed by atoms with Crippen LogP contribution in [0.5, 0.6) is 0 Å². The third kappa shape index (κ3) is 2.14. The maximum Gasteiger partial charge on any atom is 0.270 e. The molecule has 0 aromatic carbocycles. The van der Waals surface area contributed by atoms with Crippen molar-refractivity contribution in [2.24, 2.45) is 0 Å². The molecular weight excluding hydrogens is 266 g/mol. The molecule has 0 spiro atoms. The Labute approximate surface area is 122 Å². The number of hydrogen-bond acceptors (Lipinski definition) is 4. The molecule has 1 amide bonds. The Balaban J connectivity index is 1.54. The van der Waals surface area contributed by atoms with Gasteiger partial charge in [0.15, 0.2) is 0 Å². The summed E-state index contributed by atoms with van der Waals surface area (Å²) in [4.78, 5) is 16.6. The summed E-state index contributed by atoms with van der Waals surface area (Å²) in [5.41, 5.74) is 1.06. The molecule has 2 aliphatic rings. The van der Waals surface area contributed by atoms with E-state index in [9.17, 15) is 4.79 Å². The van der Waals surface area contributed by atoms with Gasteiger partial charge in [0.1, 0.15) is 17.0 Å². The molecule has 0 unspecified atom stereocenters. The minimum absolute atomic E-state index is 0.132. The average molecular weight is 283 g/mol. The smallest absolute Gasteiger partial charge is 0.270 e. The first-order valence-electron chi connectivity index (χ1n) is 7.32. The second kappa shape index (κ2) is 4.70. The normalized spacial score (nSPS) is 27.1. The first-order chi connectivity index (χ1) is 10.2. The Bertz CT molecular complexity index is 721. The third-order valence-corrected chi connectivity index (χ3v) is 4.47. The Morgan fingerprint density at radius 3 is 3.10 bits per heavy atom. The van der Waals surface area contributed by atoms with Gasteiger partial charge in [-0.25, -0.2) is 0 Å². The molecule has 2 bridgehead atoms. The van der Waals surface area contributed by atoms with Gasteiger partial charge < -0.3 is 15.1 Å². The predicted octanol–water partition coefficient (Wildman–Crippen LogP) is 2.09. The largest absolute Gasteiger partial charge is 0.457 e. The van der Waals surface area contributed by atoms with Crippen LogP contribution < -0.4 is 10.6 Å². The Morgan fingerprint density at radius 2 is 2.38 bits per heavy atom. The van der Waals surface area contributed by atoms with Gasteiger partial charge in [0, 0.05) is 35.8 Å². The van der Waals surface area contributed by atoms with Crippen LogP contribution in [0.3, 0.4) is 0 Å². The summed E-state index contributed by atoms with van der Waals surface area (Å²) in [5, 5.41) is 7.47. The molecule has 5 heteroatoms. The topological polar surface area (TPSA) is 67.2 Å². The van der Waals surface area contributed by atoms with Crippen LogP contribution in [0.25, 0.3) is 17.0 Å². The van der Waals surface area contributed by atoms with Crippen molar-refractivity contribution in [3.8, 4) is 0 Å². The number of aromatic nitrogens is 1. The van der Waals surface area contributed by atoms with E-state index in [1.807, 2.05) is 6.07 Å². The molecule has 21 heavy (non-hydrogen) atoms. The fourth-order valence-corrected chi connectivity index (χ4v) is 3.40. The SMILES string of the molecule is C=Cc1cc2cnc(C(=O)N[C@@H]3C[C@H]4CC[C@@H]3N4)cc2o1. The van der Waals surface area contributed by atoms with E-state index in [2.05, 4.69) is 22.2 Å². The molecule has 0 saturated carbocycles. The van der Waals surface area contributed by atoms with E-state index in [0.29, 0.717) is 29.1 Å². The highest BCUT2D eigenvalue weighted by Gasteiger charge is 2.39. The highest BCUT2D eigenvalue weighted by atomic mass is 16.3. The van der Waals surface area contributed by atoms with Crippen molar-refractivity contribution in [1.82, 2.24) is 15.6 Å². The fraction of sp³-hybridized carbons (Fsp3) is 0.375. The van der Waals surface area contributed by atoms with Gasteiger partial charge in [-0.15, -0.1) is 0 Å². The van der Waals surface area contributed by atoms with Crippen molar-refractivity contribution in [3.63, 3.8) is 0 Å². The molecule has 0 aliphatic carbocycles. The van der Waals surface area contributed by atoms with Crippen molar-refractivity contribution >= 4 is 23.0 Å². The molecule has 3 atom stereocenters. The van der Waals surface area contributed by atoms with E-state index in [4.69, 9.17) is 4.42 Å². The van der Waals surface area contributed by atoms with Crippen LogP contribution in [0.15, 0.2) is 29.3 Å². The van der Waals surface area contributed by atoms with Crippen molar-refractivity contribution in [2.75, 3.05) is 0 Å². The van der Waals surface area contributed by atoms with Gasteiger partial charge in [-0.05, 0) is 31.4 Å². The van der Waals surface area contributed by atoms with Gasteiger partial charge in [-0.3, -0.25) is 9.78 Å². The van der Waals surface area contributed by atoms with Crippen LogP contribution in [-0.2, 0) is 0 Å². The van der Waals surface area contributed by atoms with Crippen molar-refractivity contribution in [1.29, 1.82) is 0 Å². The lowest BCUT2D eigenvalue weighted by atomic mass is 9.95. The van der Waals surface area contributed by atoms with Gasteiger partial charge in [0.25, 0.3) is 5.91 Å². The van der Waals surface area contributed by atoms with Gasteiger partial charge in [0.2, 0.25) is 0 Å². The summed E-state index contributed by atoms with van der Waals surface area (Å²) in [7, 11) is 0. The Morgan fingerprint density at radius 1 is 1.48 bits per heavy atom. The number of amides is 1. The predicted molar refractivity (Wildman–Crippen MR) is 79.9 cm³/mol. The van der Waals surface area contributed by atoms with E-state index < -0.39 is 0 Å². The minimum atomic E-state index is -0.132. The zero-order valence-electron chi connectivity index (χ0n) is 11.6. The molecule has 2 fully saturated rings. The maximum absolute atomic E-state index is 12.3. The molecule has 2 aromatic rings. The standard InChI is InChI=1S/C16H17N3O2/c1-2-11-5-9-8-17-14(7-15(9)21-11)16(20)19-13-6-10-3-4-12(13)18-10/h2,5,7-8,10,12-13,18H,1,3-4,6H2,(H,19,20)/t10-,12+,13-/m1/s1. The number of nitrogens with one attached hydrogen (secondary N) is 2. The Kier molecular flexibility index (Phi) is 2.82. The molecule has 2 saturated heterocycles. The first kappa shape index (κ1) is 12.6. The second-order valence-electron chi connectivity index (χ2n) is 5.82. The zero-order chi connectivity index (χ0) is 14.4. The number of hydrogen-bond donors (Lipinski definition) is 2. The Hall–Kier alpha value is -2.14. The maximum atomic E-state index is 12.3. The van der Waals surface area contributed by atoms with E-state index in [1.54, 1.807) is 18.3 Å². The van der Waals surface area contributed by atoms with Crippen LogP contribution in [0.1, 0.15) is 35.5 Å². The molecule has 5 nitrogen and oxygen atoms in total. The summed E-state index contributed by atoms with van der Waals surface area (Å²) in [6.45, 7) is 3.67. The number of carbonyl (C=O) groups is 1. The summed E-state index contributed by atoms with van der Waals surface area (Å²) in [6.07, 6.45) is 6.68. The monoisotopic (exact) mass is 283 g/mol. The molecule has 2 aromatic heterocycles. The van der Waals surface area contributed by atoms with Crippen LogP contribution in [-0.4, -0.2) is 29.0 Å². The molecule has 2 N–H and O–H groups in total. The number of nitrogens with zero attached hydrogens (tertiary/aromatic N) is 1. The first-order valence-corrected chi connectivity index (χ1v) is 7.32. The summed E-state index contributed by atoms with van der Waals surface area (Å²) >= 11 is 0. The summed E-state index contributed by atoms with van der Waals surface area (Å²) < 4.78 is 5.58. The number of rotatable bonds is 3. The zero-order valence-corrected chi connectivity index (χ0v) is 11.6. The number of fused-ring (bicyclic) bond motifs is 3. The molecule has 108 valence electrons. The fourth-order valence-electron chi connectivity index (χ4n) is 3.40. The van der Waals surface area contributed by atoms with Crippen molar-refractivity contribution in [3.05, 3.63) is 36.4 Å². The number of pyridine rings is 1. The number of carbonyl (C=O) groups excluding carboxylic acids is 1. The highest BCUT2D eigenvalue weighted by molar-refractivity contribution is 5.95. The number of furan rings is 1. The molecule has 4 rings (SSSR count). The van der Waals surface area contributed by atoms with Gasteiger partial charge in [-0.2, -0.15) is 0 Å². The van der Waals surface area contributed by atoms with E-state index >= 15 is 0 Å². The molecule has 2 aliphatic heterocycles. The van der Waals surface area contributed by atoms with Gasteiger partial charge in [0.05, 0.1) is 0 Å². The van der Waals surface area contributed by atoms with Gasteiger partial charge in [-0.1, -0.05) is 6.58 Å². The lowest BCUT2D eigenvalue weighted by Crippen LogP contribution is -2.43. The summed E-state index contributed by atoms with van der Waals surface area (Å²) in [6, 6.07) is 4.75. The van der Waals surface area contributed by atoms with Crippen LogP contribution in [0.2, 0.25) is 0 Å². The lowest BCUT2D eigenvalue weighted by molar-refractivity contribution is 0.0926. The second-order valence-corrected chi connectivity index (χ2v) is 5.82. The summed E-state index contributed by atoms with van der Waals surface area (Å²) in [5.74, 6) is 0.550. The van der Waals surface area contributed by atoms with E-state index in [-0.39, 0.29) is 11.9 Å². The molecule has 0 radical (unpaired) electrons. The quantitative estimate of drug-likeness (QED) is 0.905. The van der Waals surface area contributed by atoms with Crippen molar-refractivity contribution in [2.45, 2.75) is 37.4 Å². The minimum Gasteiger partial charge on any atom is -0.457 e. The lowest BCUT2D eigenvalue weighted by Gasteiger charge is -2.21.